The molecule has 1 aliphatic heterocycles. The van der Waals surface area contributed by atoms with Crippen LogP contribution in [0.1, 0.15) is 36.7 Å². The van der Waals surface area contributed by atoms with Crippen LogP contribution < -0.4 is 4.74 Å². The molecule has 5 rings (SSSR count). The molecule has 34 heavy (non-hydrogen) atoms. The second-order valence-electron chi connectivity index (χ2n) is 8.60. The summed E-state index contributed by atoms with van der Waals surface area (Å²) in [6, 6.07) is 3.73. The zero-order valence-corrected chi connectivity index (χ0v) is 20.3. The van der Waals surface area contributed by atoms with Crippen molar-refractivity contribution in [3.05, 3.63) is 64.6 Å². The van der Waals surface area contributed by atoms with Gasteiger partial charge in [0.15, 0.2) is 0 Å². The van der Waals surface area contributed by atoms with Crippen LogP contribution in [-0.2, 0) is 6.54 Å². The second-order valence-corrected chi connectivity index (χ2v) is 9.52. The van der Waals surface area contributed by atoms with Gasteiger partial charge in [-0.15, -0.1) is 0 Å². The normalized spacial score (nSPS) is 20.5. The van der Waals surface area contributed by atoms with Crippen molar-refractivity contribution in [2.24, 2.45) is 5.92 Å². The third-order valence-electron chi connectivity index (χ3n) is 6.41. The largest absolute Gasteiger partial charge is 0.479 e. The van der Waals surface area contributed by atoms with E-state index < -0.39 is 17.7 Å². The number of ether oxygens (including phenoxy) is 1. The number of nitrogens with zero attached hydrogens (tertiary/aromatic N) is 5. The quantitative estimate of drug-likeness (QED) is 0.405. The van der Waals surface area contributed by atoms with Gasteiger partial charge in [0.05, 0.1) is 24.8 Å². The van der Waals surface area contributed by atoms with Gasteiger partial charge in [-0.05, 0) is 44.4 Å². The highest BCUT2D eigenvalue weighted by atomic mass is 79.9. The molecule has 0 fully saturated rings. The number of pyridine rings is 1. The SMILES string of the molecule is COc1nc(-c2cn3c(n2)[C@@H](C2CC=C(Br)C=C2C(F)(F)F)CCC3)ccc1-n1cnc(C)c1. The molecule has 0 bridgehead atoms. The van der Waals surface area contributed by atoms with Crippen molar-refractivity contribution >= 4 is 15.9 Å². The van der Waals surface area contributed by atoms with Crippen LogP contribution >= 0.6 is 15.9 Å². The smallest absolute Gasteiger partial charge is 0.413 e. The van der Waals surface area contributed by atoms with Crippen LogP contribution in [0, 0.1) is 12.8 Å². The molecule has 0 radical (unpaired) electrons. The Balaban J connectivity index is 1.50. The summed E-state index contributed by atoms with van der Waals surface area (Å²) in [5.41, 5.74) is 2.35. The van der Waals surface area contributed by atoms with Gasteiger partial charge in [0.2, 0.25) is 5.88 Å². The minimum Gasteiger partial charge on any atom is -0.479 e. The zero-order valence-electron chi connectivity index (χ0n) is 18.7. The minimum atomic E-state index is -4.38. The first kappa shape index (κ1) is 22.9. The van der Waals surface area contributed by atoms with Gasteiger partial charge in [-0.2, -0.15) is 13.2 Å². The zero-order chi connectivity index (χ0) is 24.0. The van der Waals surface area contributed by atoms with E-state index in [-0.39, 0.29) is 5.92 Å². The average Bonchev–Trinajstić information content (AvgIpc) is 3.44. The molecule has 10 heteroatoms. The minimum absolute atomic E-state index is 0.317. The number of allylic oxidation sites excluding steroid dienone is 4. The average molecular weight is 534 g/mol. The Labute approximate surface area is 203 Å². The van der Waals surface area contributed by atoms with Gasteiger partial charge < -0.3 is 13.9 Å². The van der Waals surface area contributed by atoms with E-state index >= 15 is 0 Å². The molecular formula is C24H23BrF3N5O. The summed E-state index contributed by atoms with van der Waals surface area (Å²) in [7, 11) is 1.55. The molecule has 0 saturated heterocycles. The van der Waals surface area contributed by atoms with Crippen molar-refractivity contribution < 1.29 is 17.9 Å². The third kappa shape index (κ3) is 4.19. The molecule has 1 aliphatic carbocycles. The second kappa shape index (κ2) is 8.72. The Kier molecular flexibility index (Phi) is 5.87. The maximum absolute atomic E-state index is 13.9. The lowest BCUT2D eigenvalue weighted by atomic mass is 9.77. The van der Waals surface area contributed by atoms with Crippen molar-refractivity contribution in [1.29, 1.82) is 0 Å². The van der Waals surface area contributed by atoms with Crippen molar-refractivity contribution in [2.45, 2.75) is 44.8 Å². The van der Waals surface area contributed by atoms with Gasteiger partial charge in [-0.25, -0.2) is 15.0 Å². The Morgan fingerprint density at radius 1 is 1.12 bits per heavy atom. The first-order chi connectivity index (χ1) is 16.2. The molecule has 0 aromatic carbocycles. The number of alkyl halides is 3. The van der Waals surface area contributed by atoms with Gasteiger partial charge in [0.1, 0.15) is 17.2 Å². The molecule has 178 valence electrons. The van der Waals surface area contributed by atoms with E-state index in [0.29, 0.717) is 40.4 Å². The molecule has 4 heterocycles. The summed E-state index contributed by atoms with van der Waals surface area (Å²) in [4.78, 5) is 13.7. The molecule has 0 saturated carbocycles. The van der Waals surface area contributed by atoms with E-state index in [1.807, 2.05) is 46.7 Å². The van der Waals surface area contributed by atoms with Crippen molar-refractivity contribution in [1.82, 2.24) is 24.1 Å². The van der Waals surface area contributed by atoms with Crippen LogP contribution in [0.4, 0.5) is 13.2 Å². The van der Waals surface area contributed by atoms with Crippen LogP contribution in [0.3, 0.4) is 0 Å². The predicted octanol–water partition coefficient (Wildman–Crippen LogP) is 6.11. The maximum Gasteiger partial charge on any atom is 0.413 e. The van der Waals surface area contributed by atoms with Crippen molar-refractivity contribution in [3.8, 4) is 23.0 Å². The van der Waals surface area contributed by atoms with E-state index in [4.69, 9.17) is 9.72 Å². The summed E-state index contributed by atoms with van der Waals surface area (Å²) >= 11 is 3.21. The fourth-order valence-electron chi connectivity index (χ4n) is 4.85. The van der Waals surface area contributed by atoms with Crippen LogP contribution in [0.5, 0.6) is 5.88 Å². The summed E-state index contributed by atoms with van der Waals surface area (Å²) < 4.78 is 51.4. The molecule has 2 atom stereocenters. The highest BCUT2D eigenvalue weighted by molar-refractivity contribution is 9.11. The van der Waals surface area contributed by atoms with E-state index in [9.17, 15) is 13.2 Å². The van der Waals surface area contributed by atoms with Crippen LogP contribution in [0.15, 0.2) is 53.1 Å². The van der Waals surface area contributed by atoms with Crippen molar-refractivity contribution in [3.63, 3.8) is 0 Å². The van der Waals surface area contributed by atoms with Crippen LogP contribution in [0.25, 0.3) is 17.1 Å². The molecule has 3 aromatic heterocycles. The topological polar surface area (TPSA) is 57.8 Å². The number of imidazole rings is 2. The summed E-state index contributed by atoms with van der Waals surface area (Å²) in [5.74, 6) is 0.122. The van der Waals surface area contributed by atoms with E-state index in [0.717, 1.165) is 24.3 Å². The van der Waals surface area contributed by atoms with Gasteiger partial charge in [0.25, 0.3) is 0 Å². The Hall–Kier alpha value is -2.88. The van der Waals surface area contributed by atoms with Gasteiger partial charge in [-0.1, -0.05) is 22.0 Å². The summed E-state index contributed by atoms with van der Waals surface area (Å²) in [6.07, 6.45) is 5.88. The molecule has 6 nitrogen and oxygen atoms in total. The maximum atomic E-state index is 13.9. The number of hydrogen-bond acceptors (Lipinski definition) is 4. The number of hydrogen-bond donors (Lipinski definition) is 0. The lowest BCUT2D eigenvalue weighted by Gasteiger charge is -2.34. The van der Waals surface area contributed by atoms with Crippen LogP contribution in [-0.4, -0.2) is 37.4 Å². The highest BCUT2D eigenvalue weighted by Gasteiger charge is 2.44. The molecule has 0 N–H and O–H groups in total. The summed E-state index contributed by atoms with van der Waals surface area (Å²) in [6.45, 7) is 2.62. The lowest BCUT2D eigenvalue weighted by molar-refractivity contribution is -0.101. The van der Waals surface area contributed by atoms with Gasteiger partial charge in [0, 0.05) is 40.8 Å². The Morgan fingerprint density at radius 2 is 1.94 bits per heavy atom. The first-order valence-electron chi connectivity index (χ1n) is 11.0. The molecule has 3 aromatic rings. The fraction of sp³-hybridized carbons (Fsp3) is 0.375. The number of methoxy groups -OCH3 is 1. The first-order valence-corrected chi connectivity index (χ1v) is 11.8. The molecule has 2 aliphatic rings. The molecule has 0 spiro atoms. The Morgan fingerprint density at radius 3 is 2.65 bits per heavy atom. The molecular weight excluding hydrogens is 511 g/mol. The van der Waals surface area contributed by atoms with Crippen LogP contribution in [0.2, 0.25) is 0 Å². The molecule has 0 amide bonds. The predicted molar refractivity (Wildman–Crippen MR) is 125 cm³/mol. The van der Waals surface area contributed by atoms with Gasteiger partial charge >= 0.3 is 6.18 Å². The number of fused-ring (bicyclic) bond motifs is 1. The van der Waals surface area contributed by atoms with Gasteiger partial charge in [-0.3, -0.25) is 0 Å². The standard InChI is InChI=1S/C24H23BrF3N5O/c1-14-11-33(13-29-14)21-8-7-19(31-23(21)34-2)20-12-32-9-3-4-17(22(32)30-20)16-6-5-15(25)10-18(16)24(26,27)28/h5,7-8,10-13,16-17H,3-4,6,9H2,1-2H3/t16?,17-/m1/s1. The fourth-order valence-corrected chi connectivity index (χ4v) is 5.28. The monoisotopic (exact) mass is 533 g/mol. The third-order valence-corrected chi connectivity index (χ3v) is 6.96. The van der Waals surface area contributed by atoms with E-state index in [2.05, 4.69) is 25.9 Å². The number of halogens is 4. The number of aryl methyl sites for hydroxylation is 2. The Bertz CT molecular complexity index is 1290. The molecule has 1 unspecified atom stereocenters. The highest BCUT2D eigenvalue weighted by Crippen LogP contribution is 2.47. The summed E-state index contributed by atoms with van der Waals surface area (Å²) in [5, 5.41) is 0. The number of aromatic nitrogens is 5. The lowest BCUT2D eigenvalue weighted by Crippen LogP contribution is -2.30. The van der Waals surface area contributed by atoms with E-state index in [1.165, 1.54) is 6.08 Å². The van der Waals surface area contributed by atoms with Crippen molar-refractivity contribution in [2.75, 3.05) is 7.11 Å². The number of rotatable bonds is 4. The van der Waals surface area contributed by atoms with E-state index in [1.54, 1.807) is 13.4 Å².